The van der Waals surface area contributed by atoms with Crippen molar-refractivity contribution in [2.24, 2.45) is 5.73 Å². The molecule has 1 aromatic carbocycles. The lowest BCUT2D eigenvalue weighted by Crippen LogP contribution is -2.60. The molecule has 2 fully saturated rings. The Hall–Kier alpha value is -1.81. The summed E-state index contributed by atoms with van der Waals surface area (Å²) in [6, 6.07) is 3.35. The molecule has 0 radical (unpaired) electrons. The summed E-state index contributed by atoms with van der Waals surface area (Å²) in [5.74, 6) is -1.02. The maximum atomic E-state index is 11.7. The number of carboxylic acids is 1. The van der Waals surface area contributed by atoms with Crippen LogP contribution in [-0.4, -0.2) is 64.1 Å². The van der Waals surface area contributed by atoms with Crippen molar-refractivity contribution in [3.05, 3.63) is 23.3 Å². The molecule has 8 nitrogen and oxygen atoms in total. The van der Waals surface area contributed by atoms with E-state index in [0.29, 0.717) is 31.6 Å². The van der Waals surface area contributed by atoms with Gasteiger partial charge in [-0.05, 0) is 30.9 Å². The van der Waals surface area contributed by atoms with Crippen molar-refractivity contribution in [2.75, 3.05) is 19.6 Å². The van der Waals surface area contributed by atoms with E-state index in [1.807, 2.05) is 0 Å². The number of carbonyl (C=O) groups is 1. The van der Waals surface area contributed by atoms with E-state index in [1.165, 1.54) is 0 Å². The number of aryl methyl sites for hydroxylation is 1. The van der Waals surface area contributed by atoms with Gasteiger partial charge in [0.05, 0.1) is 5.75 Å². The van der Waals surface area contributed by atoms with Crippen LogP contribution in [0.25, 0.3) is 0 Å². The Morgan fingerprint density at radius 2 is 2.12 bits per heavy atom. The predicted molar refractivity (Wildman–Crippen MR) is 89.7 cm³/mol. The fourth-order valence-electron chi connectivity index (χ4n) is 3.70. The lowest BCUT2D eigenvalue weighted by Gasteiger charge is -2.44. The molecule has 0 unspecified atom stereocenters. The minimum absolute atomic E-state index is 0.00180. The first-order valence-corrected chi connectivity index (χ1v) is 8.64. The monoisotopic (exact) mass is 349 g/mol. The topological polar surface area (TPSA) is 125 Å². The number of hydrogen-bond acceptors (Lipinski definition) is 7. The summed E-state index contributed by atoms with van der Waals surface area (Å²) in [7, 11) is 0. The third kappa shape index (κ3) is 2.87. The molecule has 0 aromatic heterocycles. The average molecular weight is 349 g/mol. The van der Waals surface area contributed by atoms with Crippen molar-refractivity contribution in [1.29, 1.82) is 0 Å². The number of nitrogens with two attached hydrogens (primary N) is 1. The Kier molecular flexibility index (Phi) is 3.73. The van der Waals surface area contributed by atoms with Crippen LogP contribution in [0.15, 0.2) is 12.1 Å². The van der Waals surface area contributed by atoms with Gasteiger partial charge in [-0.3, -0.25) is 4.90 Å². The number of benzene rings is 1. The number of likely N-dealkylation sites (tertiary alicyclic amines) is 1. The molecule has 0 atom stereocenters. The van der Waals surface area contributed by atoms with E-state index in [-0.39, 0.29) is 35.0 Å². The first-order valence-electron chi connectivity index (χ1n) is 8.64. The van der Waals surface area contributed by atoms with E-state index in [0.717, 1.165) is 12.8 Å². The molecule has 5 N–H and O–H groups in total. The molecule has 1 aliphatic carbocycles. The van der Waals surface area contributed by atoms with Gasteiger partial charge in [0.1, 0.15) is 17.4 Å². The van der Waals surface area contributed by atoms with Crippen LogP contribution in [0.1, 0.15) is 28.8 Å². The van der Waals surface area contributed by atoms with Crippen LogP contribution >= 0.6 is 0 Å². The zero-order valence-corrected chi connectivity index (χ0v) is 13.9. The molecule has 4 rings (SSSR count). The van der Waals surface area contributed by atoms with Crippen LogP contribution in [0.4, 0.5) is 0 Å². The summed E-state index contributed by atoms with van der Waals surface area (Å²) in [6.45, 7) is -0.980. The molecule has 0 amide bonds. The van der Waals surface area contributed by atoms with Gasteiger partial charge >= 0.3 is 12.7 Å². The predicted octanol–water partition coefficient (Wildman–Crippen LogP) is -0.203. The van der Waals surface area contributed by atoms with Crippen LogP contribution in [0.3, 0.4) is 0 Å². The molecule has 1 saturated heterocycles. The summed E-state index contributed by atoms with van der Waals surface area (Å²) >= 11 is 0. The summed E-state index contributed by atoms with van der Waals surface area (Å²) < 4.78 is 11.0. The number of ether oxygens (including phenoxy) is 1. The Morgan fingerprint density at radius 1 is 1.40 bits per heavy atom. The van der Waals surface area contributed by atoms with Crippen LogP contribution in [0.2, 0.25) is 6.32 Å². The van der Waals surface area contributed by atoms with E-state index < -0.39 is 12.7 Å². The minimum Gasteiger partial charge on any atom is -0.669 e. The van der Waals surface area contributed by atoms with E-state index >= 15 is 0 Å². The lowest BCUT2D eigenvalue weighted by molar-refractivity contribution is -0.0165. The van der Waals surface area contributed by atoms with E-state index in [9.17, 15) is 19.9 Å². The number of rotatable bonds is 5. The highest BCUT2D eigenvalue weighted by Gasteiger charge is 2.51. The number of hydrogen-bond donors (Lipinski definition) is 4. The summed E-state index contributed by atoms with van der Waals surface area (Å²) in [4.78, 5) is 14.0. The fourth-order valence-corrected chi connectivity index (χ4v) is 3.70. The highest BCUT2D eigenvalue weighted by molar-refractivity contribution is 6.59. The van der Waals surface area contributed by atoms with Gasteiger partial charge in [0, 0.05) is 25.2 Å². The van der Waals surface area contributed by atoms with Crippen molar-refractivity contribution in [2.45, 2.75) is 37.2 Å². The number of carboxylic acid groups (broad SMARTS) is 1. The second-order valence-electron chi connectivity index (χ2n) is 7.32. The second kappa shape index (κ2) is 5.60. The lowest BCUT2D eigenvalue weighted by atomic mass is 9.70. The maximum Gasteiger partial charge on any atom is 0.430 e. The number of nitrogens with zero attached hydrogens (tertiary/aromatic N) is 1. The van der Waals surface area contributed by atoms with Gasteiger partial charge < -0.3 is 30.3 Å². The van der Waals surface area contributed by atoms with E-state index in [2.05, 4.69) is 4.90 Å². The van der Waals surface area contributed by atoms with Crippen molar-refractivity contribution in [3.63, 3.8) is 0 Å². The minimum atomic E-state index is -3.03. The summed E-state index contributed by atoms with van der Waals surface area (Å²) in [6.07, 6.45) is 2.48. The molecule has 2 aliphatic heterocycles. The molecule has 2 heterocycles. The quantitative estimate of drug-likeness (QED) is 0.539. The maximum absolute atomic E-state index is 11.7. The smallest absolute Gasteiger partial charge is 0.430 e. The summed E-state index contributed by atoms with van der Waals surface area (Å²) in [5.41, 5.74) is 6.43. The van der Waals surface area contributed by atoms with Gasteiger partial charge in [0.2, 0.25) is 0 Å². The van der Waals surface area contributed by atoms with E-state index in [4.69, 9.17) is 15.1 Å². The normalized spacial score (nSPS) is 24.0. The number of aromatic carboxylic acids is 1. The standard InChI is InChI=1S/C16H22BN2O6/c18-9-16(4-5-16)19-7-11(8-19)24-12-2-1-10-3-6-17(22,23)25-14(10)13(12)15(20)21/h1-2,11,22-23H,3-9,18H2,(H,20,21)/q-1. The molecular formula is C16H22BN2O6-. The zero-order valence-electron chi connectivity index (χ0n) is 13.9. The van der Waals surface area contributed by atoms with Gasteiger partial charge in [0.15, 0.2) is 0 Å². The van der Waals surface area contributed by atoms with Crippen molar-refractivity contribution < 1.29 is 29.3 Å². The molecule has 136 valence electrons. The van der Waals surface area contributed by atoms with Crippen LogP contribution in [0.5, 0.6) is 11.5 Å². The van der Waals surface area contributed by atoms with Crippen LogP contribution < -0.4 is 15.1 Å². The largest absolute Gasteiger partial charge is 0.669 e. The molecule has 1 aromatic rings. The third-order valence-corrected chi connectivity index (χ3v) is 5.53. The Balaban J connectivity index is 1.54. The molecule has 0 bridgehead atoms. The summed E-state index contributed by atoms with van der Waals surface area (Å²) in [5, 5.41) is 29.1. The van der Waals surface area contributed by atoms with Crippen molar-refractivity contribution >= 4 is 12.7 Å². The molecule has 1 saturated carbocycles. The van der Waals surface area contributed by atoms with Gasteiger partial charge in [0.25, 0.3) is 0 Å². The third-order valence-electron chi connectivity index (χ3n) is 5.53. The Morgan fingerprint density at radius 3 is 2.72 bits per heavy atom. The average Bonchev–Trinajstić information content (AvgIpc) is 3.29. The SMILES string of the molecule is NCC1(N2CC(Oc3ccc4c(c3C(=O)O)O[B-](O)(O)CC4)C2)CC1. The van der Waals surface area contributed by atoms with Gasteiger partial charge in [-0.1, -0.05) is 12.4 Å². The second-order valence-corrected chi connectivity index (χ2v) is 7.32. The first-order chi connectivity index (χ1) is 11.8. The van der Waals surface area contributed by atoms with Gasteiger partial charge in [-0.25, -0.2) is 4.79 Å². The van der Waals surface area contributed by atoms with Crippen LogP contribution in [-0.2, 0) is 6.42 Å². The molecule has 25 heavy (non-hydrogen) atoms. The first kappa shape index (κ1) is 16.7. The Labute approximate surface area is 145 Å². The van der Waals surface area contributed by atoms with Gasteiger partial charge in [-0.2, -0.15) is 0 Å². The van der Waals surface area contributed by atoms with Crippen molar-refractivity contribution in [1.82, 2.24) is 4.90 Å². The molecule has 0 spiro atoms. The van der Waals surface area contributed by atoms with Gasteiger partial charge in [-0.15, -0.1) is 0 Å². The molecule has 9 heteroatoms. The van der Waals surface area contributed by atoms with E-state index in [1.54, 1.807) is 12.1 Å². The highest BCUT2D eigenvalue weighted by Crippen LogP contribution is 2.44. The Bertz CT molecular complexity index is 715. The molecule has 3 aliphatic rings. The number of fused-ring (bicyclic) bond motifs is 1. The zero-order chi connectivity index (χ0) is 17.8. The fraction of sp³-hybridized carbons (Fsp3) is 0.562. The molecular weight excluding hydrogens is 327 g/mol. The van der Waals surface area contributed by atoms with Crippen molar-refractivity contribution in [3.8, 4) is 11.5 Å². The highest BCUT2D eigenvalue weighted by atomic mass is 16.6. The van der Waals surface area contributed by atoms with Crippen LogP contribution in [0, 0.1) is 0 Å².